The molecule has 0 spiro atoms. The zero-order valence-electron chi connectivity index (χ0n) is 14.8. The molecule has 0 saturated carbocycles. The number of ether oxygens (including phenoxy) is 2. The van der Waals surface area contributed by atoms with Crippen LogP contribution < -0.4 is 5.32 Å². The lowest BCUT2D eigenvalue weighted by Gasteiger charge is -2.26. The first-order chi connectivity index (χ1) is 13.8. The SMILES string of the molecule is O=C(COC(=O)c1cc(S(=O)(=O)N2CCOCC2)c(Cl)cc1Cl)Nc1ccon1. The van der Waals surface area contributed by atoms with Crippen LogP contribution in [0.5, 0.6) is 0 Å². The number of carbonyl (C=O) groups is 2. The summed E-state index contributed by atoms with van der Waals surface area (Å²) in [6, 6.07) is 3.58. The van der Waals surface area contributed by atoms with Gasteiger partial charge in [-0.3, -0.25) is 4.79 Å². The summed E-state index contributed by atoms with van der Waals surface area (Å²) in [5.41, 5.74) is -0.239. The van der Waals surface area contributed by atoms with Gasteiger partial charge in [0.2, 0.25) is 10.0 Å². The minimum absolute atomic E-state index is 0.113. The van der Waals surface area contributed by atoms with Gasteiger partial charge in [-0.2, -0.15) is 4.31 Å². The predicted molar refractivity (Wildman–Crippen MR) is 101 cm³/mol. The van der Waals surface area contributed by atoms with Crippen molar-refractivity contribution in [2.24, 2.45) is 0 Å². The van der Waals surface area contributed by atoms with Crippen LogP contribution in [-0.2, 0) is 24.3 Å². The van der Waals surface area contributed by atoms with Gasteiger partial charge < -0.3 is 19.3 Å². The summed E-state index contributed by atoms with van der Waals surface area (Å²) in [6.45, 7) is 0.169. The van der Waals surface area contributed by atoms with Crippen LogP contribution in [0.1, 0.15) is 10.4 Å². The molecular formula is C16H15Cl2N3O7S. The standard InChI is InChI=1S/C16H15Cl2N3O7S/c17-11-8-12(18)13(29(24,25)21-2-5-26-6-3-21)7-10(11)16(23)27-9-15(22)19-14-1-4-28-20-14/h1,4,7-8H,2-3,5-6,9H2,(H,19,20,22). The molecule has 1 saturated heterocycles. The Hall–Kier alpha value is -2.18. The van der Waals surface area contributed by atoms with Crippen molar-refractivity contribution in [2.45, 2.75) is 4.90 Å². The van der Waals surface area contributed by atoms with Gasteiger partial charge >= 0.3 is 5.97 Å². The van der Waals surface area contributed by atoms with Crippen molar-refractivity contribution in [2.75, 3.05) is 38.2 Å². The van der Waals surface area contributed by atoms with E-state index in [9.17, 15) is 18.0 Å². The van der Waals surface area contributed by atoms with E-state index in [-0.39, 0.29) is 52.6 Å². The molecule has 2 aromatic rings. The average molecular weight is 464 g/mol. The van der Waals surface area contributed by atoms with E-state index in [1.165, 1.54) is 16.6 Å². The number of hydrogen-bond acceptors (Lipinski definition) is 8. The van der Waals surface area contributed by atoms with E-state index < -0.39 is 28.5 Å². The molecule has 1 aliphatic rings. The first-order valence-electron chi connectivity index (χ1n) is 8.23. The lowest BCUT2D eigenvalue weighted by atomic mass is 10.2. The molecule has 1 N–H and O–H groups in total. The van der Waals surface area contributed by atoms with E-state index in [0.717, 1.165) is 12.1 Å². The van der Waals surface area contributed by atoms with Crippen LogP contribution in [0.3, 0.4) is 0 Å². The molecule has 0 bridgehead atoms. The first-order valence-corrected chi connectivity index (χ1v) is 10.4. The quantitative estimate of drug-likeness (QED) is 0.641. The summed E-state index contributed by atoms with van der Waals surface area (Å²) in [6.07, 6.45) is 1.26. The number of amides is 1. The number of nitrogens with one attached hydrogen (secondary N) is 1. The summed E-state index contributed by atoms with van der Waals surface area (Å²) < 4.78 is 41.5. The molecule has 3 rings (SSSR count). The number of esters is 1. The van der Waals surface area contributed by atoms with Gasteiger partial charge in [-0.15, -0.1) is 0 Å². The number of aromatic nitrogens is 1. The Bertz CT molecular complexity index is 1010. The van der Waals surface area contributed by atoms with Gasteiger partial charge in [0.05, 0.1) is 28.8 Å². The third kappa shape index (κ3) is 5.06. The van der Waals surface area contributed by atoms with Gasteiger partial charge in [-0.25, -0.2) is 13.2 Å². The zero-order chi connectivity index (χ0) is 21.0. The van der Waals surface area contributed by atoms with Crippen molar-refractivity contribution in [3.05, 3.63) is 40.1 Å². The van der Waals surface area contributed by atoms with Gasteiger partial charge in [0.15, 0.2) is 12.4 Å². The molecule has 1 aromatic heterocycles. The number of carbonyl (C=O) groups excluding carboxylic acids is 2. The Morgan fingerprint density at radius 2 is 1.93 bits per heavy atom. The molecule has 1 amide bonds. The zero-order valence-corrected chi connectivity index (χ0v) is 17.1. The maximum Gasteiger partial charge on any atom is 0.340 e. The second-order valence-corrected chi connectivity index (χ2v) is 8.51. The predicted octanol–water partition coefficient (Wildman–Crippen LogP) is 1.80. The number of benzene rings is 1. The molecule has 156 valence electrons. The van der Waals surface area contributed by atoms with Gasteiger partial charge in [0, 0.05) is 19.2 Å². The fourth-order valence-corrected chi connectivity index (χ4v) is 4.71. The molecule has 1 aromatic carbocycles. The van der Waals surface area contributed by atoms with E-state index in [1.807, 2.05) is 0 Å². The molecule has 10 nitrogen and oxygen atoms in total. The molecule has 0 aliphatic carbocycles. The molecular weight excluding hydrogens is 449 g/mol. The largest absolute Gasteiger partial charge is 0.452 e. The summed E-state index contributed by atoms with van der Waals surface area (Å²) in [4.78, 5) is 23.8. The Morgan fingerprint density at radius 1 is 1.21 bits per heavy atom. The molecule has 0 radical (unpaired) electrons. The lowest BCUT2D eigenvalue weighted by molar-refractivity contribution is -0.119. The topological polar surface area (TPSA) is 128 Å². The number of rotatable bonds is 6. The number of morpholine rings is 1. The fourth-order valence-electron chi connectivity index (χ4n) is 2.47. The van der Waals surface area contributed by atoms with Crippen LogP contribution in [-0.4, -0.2) is 62.7 Å². The highest BCUT2D eigenvalue weighted by Crippen LogP contribution is 2.31. The van der Waals surface area contributed by atoms with Crippen molar-refractivity contribution in [3.63, 3.8) is 0 Å². The van der Waals surface area contributed by atoms with E-state index in [2.05, 4.69) is 15.0 Å². The van der Waals surface area contributed by atoms with Crippen molar-refractivity contribution >= 4 is 50.9 Å². The first kappa shape index (κ1) is 21.5. The van der Waals surface area contributed by atoms with Gasteiger partial charge in [-0.1, -0.05) is 28.4 Å². The Balaban J connectivity index is 1.76. The van der Waals surface area contributed by atoms with Crippen LogP contribution in [0.4, 0.5) is 5.82 Å². The maximum absolute atomic E-state index is 12.8. The summed E-state index contributed by atoms with van der Waals surface area (Å²) in [5, 5.41) is 5.58. The number of halogens is 2. The average Bonchev–Trinajstić information content (AvgIpc) is 3.19. The normalized spacial score (nSPS) is 15.1. The third-order valence-corrected chi connectivity index (χ3v) is 6.55. The smallest absolute Gasteiger partial charge is 0.340 e. The fraction of sp³-hybridized carbons (Fsp3) is 0.312. The van der Waals surface area contributed by atoms with Gasteiger partial charge in [-0.05, 0) is 12.1 Å². The van der Waals surface area contributed by atoms with Crippen molar-refractivity contribution in [1.29, 1.82) is 0 Å². The highest BCUT2D eigenvalue weighted by atomic mass is 35.5. The number of hydrogen-bond donors (Lipinski definition) is 1. The molecule has 2 heterocycles. The van der Waals surface area contributed by atoms with E-state index >= 15 is 0 Å². The van der Waals surface area contributed by atoms with Crippen LogP contribution in [0.15, 0.2) is 33.9 Å². The second kappa shape index (κ2) is 9.09. The number of sulfonamides is 1. The Labute approximate surface area is 175 Å². The van der Waals surface area contributed by atoms with Crippen LogP contribution in [0.2, 0.25) is 10.0 Å². The summed E-state index contributed by atoms with van der Waals surface area (Å²) in [7, 11) is -3.97. The van der Waals surface area contributed by atoms with Gasteiger partial charge in [0.1, 0.15) is 11.2 Å². The highest BCUT2D eigenvalue weighted by Gasteiger charge is 2.30. The van der Waals surface area contributed by atoms with Crippen molar-refractivity contribution in [3.8, 4) is 0 Å². The highest BCUT2D eigenvalue weighted by molar-refractivity contribution is 7.89. The minimum atomic E-state index is -3.97. The molecule has 29 heavy (non-hydrogen) atoms. The molecule has 1 aliphatic heterocycles. The number of nitrogens with zero attached hydrogens (tertiary/aromatic N) is 2. The van der Waals surface area contributed by atoms with Crippen LogP contribution >= 0.6 is 23.2 Å². The second-order valence-electron chi connectivity index (χ2n) is 5.79. The van der Waals surface area contributed by atoms with E-state index in [0.29, 0.717) is 0 Å². The van der Waals surface area contributed by atoms with Crippen molar-refractivity contribution in [1.82, 2.24) is 9.46 Å². The Morgan fingerprint density at radius 3 is 2.59 bits per heavy atom. The molecule has 0 atom stereocenters. The van der Waals surface area contributed by atoms with Crippen molar-refractivity contribution < 1.29 is 32.0 Å². The molecule has 0 unspecified atom stereocenters. The summed E-state index contributed by atoms with van der Waals surface area (Å²) >= 11 is 12.1. The van der Waals surface area contributed by atoms with Crippen LogP contribution in [0, 0.1) is 0 Å². The van der Waals surface area contributed by atoms with E-state index in [1.54, 1.807) is 0 Å². The molecule has 1 fully saturated rings. The summed E-state index contributed by atoms with van der Waals surface area (Å²) in [5.74, 6) is -1.51. The third-order valence-electron chi connectivity index (χ3n) is 3.87. The monoisotopic (exact) mass is 463 g/mol. The molecule has 13 heteroatoms. The Kier molecular flexibility index (Phi) is 6.75. The van der Waals surface area contributed by atoms with Gasteiger partial charge in [0.25, 0.3) is 5.91 Å². The van der Waals surface area contributed by atoms with Crippen LogP contribution in [0.25, 0.3) is 0 Å². The maximum atomic E-state index is 12.8. The number of anilines is 1. The van der Waals surface area contributed by atoms with E-state index in [4.69, 9.17) is 32.7 Å². The lowest BCUT2D eigenvalue weighted by Crippen LogP contribution is -2.40. The minimum Gasteiger partial charge on any atom is -0.452 e.